The van der Waals surface area contributed by atoms with Crippen molar-refractivity contribution in [3.8, 4) is 33.5 Å². The Kier molecular flexibility index (Phi) is 19.7. The van der Waals surface area contributed by atoms with E-state index in [0.29, 0.717) is 17.3 Å². The zero-order valence-corrected chi connectivity index (χ0v) is 38.5. The number of azo groups is 1. The van der Waals surface area contributed by atoms with Crippen LogP contribution in [0.15, 0.2) is 91.6 Å². The van der Waals surface area contributed by atoms with Gasteiger partial charge >= 0.3 is 88.7 Å². The minimum absolute atomic E-state index is 0. The van der Waals surface area contributed by atoms with Gasteiger partial charge in [0.05, 0.1) is 11.4 Å². The summed E-state index contributed by atoms with van der Waals surface area (Å²) >= 11 is 10.5. The molecule has 238 valence electrons. The van der Waals surface area contributed by atoms with Crippen molar-refractivity contribution in [1.82, 2.24) is 15.0 Å². The number of halogens is 1. The van der Waals surface area contributed by atoms with Crippen molar-refractivity contribution in [3.05, 3.63) is 104 Å². The first kappa shape index (κ1) is 45.1. The minimum Gasteiger partial charge on any atom is -0.323 e. The van der Waals surface area contributed by atoms with E-state index in [1.165, 1.54) is 35.3 Å². The molecule has 0 saturated heterocycles. The molecule has 5 rings (SSSR count). The van der Waals surface area contributed by atoms with Crippen molar-refractivity contribution in [2.45, 2.75) is 28.5 Å². The number of thioether (sulfide) groups is 3. The SMILES string of the molecule is [CH2-]C#CSc1cc(Nc2nc(Cl)nc(N(C)c3ccccc3)n2)c2c(C)c(N=Nc3ccc(C)cc3SC#C[CH2-])c(SC#C[CH2-])cc2c1.[Na+].[Na+].[Na+]. The number of hydrogen-bond acceptors (Lipinski definition) is 10. The largest absolute Gasteiger partial charge is 1.00 e. The van der Waals surface area contributed by atoms with Crippen LogP contribution in [0.25, 0.3) is 10.8 Å². The van der Waals surface area contributed by atoms with Crippen LogP contribution in [0.5, 0.6) is 0 Å². The Bertz CT molecular complexity index is 2220. The molecule has 0 spiro atoms. The molecule has 5 aromatic rings. The summed E-state index contributed by atoms with van der Waals surface area (Å²) in [7, 11) is 1.87. The number of anilines is 4. The smallest absolute Gasteiger partial charge is 0.323 e. The number of aryl methyl sites for hydroxylation is 2. The van der Waals surface area contributed by atoms with Crippen LogP contribution in [-0.4, -0.2) is 22.0 Å². The van der Waals surface area contributed by atoms with Gasteiger partial charge in [0.15, 0.2) is 0 Å². The molecule has 1 heterocycles. The Morgan fingerprint density at radius 2 is 1.43 bits per heavy atom. The summed E-state index contributed by atoms with van der Waals surface area (Å²) in [4.78, 5) is 17.9. The van der Waals surface area contributed by atoms with Gasteiger partial charge in [-0.2, -0.15) is 71.0 Å². The Morgan fingerprint density at radius 1 is 0.765 bits per heavy atom. The number of aromatic nitrogens is 3. The van der Waals surface area contributed by atoms with Gasteiger partial charge in [-0.3, -0.25) is 33.5 Å². The van der Waals surface area contributed by atoms with Crippen LogP contribution in [0.2, 0.25) is 5.28 Å². The molecule has 0 radical (unpaired) electrons. The summed E-state index contributed by atoms with van der Waals surface area (Å²) in [5, 5.41) is 23.7. The summed E-state index contributed by atoms with van der Waals surface area (Å²) in [5.74, 6) is 8.77. The van der Waals surface area contributed by atoms with E-state index in [1.807, 2.05) is 86.5 Å². The Labute approximate surface area is 384 Å². The van der Waals surface area contributed by atoms with Gasteiger partial charge in [0.2, 0.25) is 17.2 Å². The Morgan fingerprint density at radius 3 is 2.12 bits per heavy atom. The van der Waals surface area contributed by atoms with E-state index in [1.54, 1.807) is 0 Å². The number of nitrogens with one attached hydrogen (secondary N) is 1. The molecule has 0 aliphatic rings. The van der Waals surface area contributed by atoms with Crippen LogP contribution < -0.4 is 98.9 Å². The van der Waals surface area contributed by atoms with E-state index in [0.717, 1.165) is 48.0 Å². The summed E-state index contributed by atoms with van der Waals surface area (Å²) in [6.07, 6.45) is 0. The van der Waals surface area contributed by atoms with Crippen molar-refractivity contribution in [3.63, 3.8) is 0 Å². The maximum absolute atomic E-state index is 6.43. The molecule has 0 fully saturated rings. The average molecular weight is 770 g/mol. The third-order valence-electron chi connectivity index (χ3n) is 6.76. The Hall–Kier alpha value is -2.02. The van der Waals surface area contributed by atoms with E-state index in [4.69, 9.17) is 21.7 Å². The monoisotopic (exact) mass is 769 g/mol. The second-order valence-electron chi connectivity index (χ2n) is 9.98. The molecule has 0 amide bonds. The molecule has 0 unspecified atom stereocenters. The van der Waals surface area contributed by atoms with E-state index < -0.39 is 0 Å². The fourth-order valence-electron chi connectivity index (χ4n) is 4.64. The van der Waals surface area contributed by atoms with Gasteiger partial charge in [0.1, 0.15) is 5.69 Å². The molecule has 0 aliphatic heterocycles. The predicted molar refractivity (Wildman–Crippen MR) is 204 cm³/mol. The van der Waals surface area contributed by atoms with Gasteiger partial charge < -0.3 is 10.2 Å². The molecular formula is C37H27ClN7Na3S3. The van der Waals surface area contributed by atoms with E-state index in [-0.39, 0.29) is 99.9 Å². The molecule has 4 aromatic carbocycles. The van der Waals surface area contributed by atoms with E-state index >= 15 is 0 Å². The number of para-hydroxylation sites is 1. The molecule has 1 aromatic heterocycles. The number of nitrogens with zero attached hydrogens (tertiary/aromatic N) is 6. The number of rotatable bonds is 9. The first-order valence-electron chi connectivity index (χ1n) is 14.2. The van der Waals surface area contributed by atoms with Crippen LogP contribution in [-0.2, 0) is 0 Å². The van der Waals surface area contributed by atoms with Gasteiger partial charge in [0, 0.05) is 32.8 Å². The van der Waals surface area contributed by atoms with Gasteiger partial charge in [-0.1, -0.05) is 24.3 Å². The van der Waals surface area contributed by atoms with Crippen LogP contribution in [0.3, 0.4) is 0 Å². The van der Waals surface area contributed by atoms with Crippen LogP contribution >= 0.6 is 46.9 Å². The second-order valence-corrected chi connectivity index (χ2v) is 12.9. The zero-order chi connectivity index (χ0) is 34.0. The standard InChI is InChI=1S/C37H27ClN7S3.3Na/c1-7-17-46-28-21-26-22-32(48-19-9-3)34(44-43-29-16-15-24(4)20-31(29)47-18-8-2)25(5)33(26)30(23-28)39-36-40-35(38)41-37(42-36)45(6)27-13-11-10-12-14-27;;;/h10-16,20-23H,1-3H2,4-6H3,(H,39,40,41,42);;;/q-3;3*+1. The summed E-state index contributed by atoms with van der Waals surface area (Å²) in [6, 6.07) is 21.8. The van der Waals surface area contributed by atoms with Crippen molar-refractivity contribution in [2.75, 3.05) is 17.3 Å². The molecule has 0 bridgehead atoms. The predicted octanol–water partition coefficient (Wildman–Crippen LogP) is 1.90. The normalized spacial score (nSPS) is 9.80. The molecule has 0 aliphatic carbocycles. The molecule has 7 nitrogen and oxygen atoms in total. The number of benzene rings is 4. The average Bonchev–Trinajstić information content (AvgIpc) is 3.08. The molecule has 0 atom stereocenters. The van der Waals surface area contributed by atoms with Gasteiger partial charge in [-0.05, 0) is 84.4 Å². The quantitative estimate of drug-likeness (QED) is 0.0802. The third kappa shape index (κ3) is 12.0. The Balaban J connectivity index is 0.00000300. The van der Waals surface area contributed by atoms with Crippen molar-refractivity contribution < 1.29 is 88.7 Å². The van der Waals surface area contributed by atoms with Gasteiger partial charge in [0.25, 0.3) is 0 Å². The summed E-state index contributed by atoms with van der Waals surface area (Å²) < 4.78 is 0. The van der Waals surface area contributed by atoms with E-state index in [2.05, 4.69) is 80.8 Å². The maximum Gasteiger partial charge on any atom is 1.00 e. The second kappa shape index (κ2) is 22.3. The van der Waals surface area contributed by atoms with Crippen molar-refractivity contribution in [1.29, 1.82) is 0 Å². The zero-order valence-electron chi connectivity index (χ0n) is 29.3. The fourth-order valence-corrected chi connectivity index (χ4v) is 6.65. The first-order chi connectivity index (χ1) is 23.3. The fraction of sp³-hybridized carbons (Fsp3) is 0.0811. The summed E-state index contributed by atoms with van der Waals surface area (Å²) in [6.45, 7) is 15.0. The number of fused-ring (bicyclic) bond motifs is 1. The van der Waals surface area contributed by atoms with Crippen LogP contribution in [0, 0.1) is 68.1 Å². The summed E-state index contributed by atoms with van der Waals surface area (Å²) in [5.41, 5.74) is 4.94. The topological polar surface area (TPSA) is 78.7 Å². The maximum atomic E-state index is 6.43. The molecule has 1 N–H and O–H groups in total. The van der Waals surface area contributed by atoms with Crippen molar-refractivity contribution in [2.24, 2.45) is 10.2 Å². The molecule has 51 heavy (non-hydrogen) atoms. The van der Waals surface area contributed by atoms with Gasteiger partial charge in [-0.15, -0.1) is 10.2 Å². The van der Waals surface area contributed by atoms with Gasteiger partial charge in [-0.25, -0.2) is 0 Å². The van der Waals surface area contributed by atoms with Crippen molar-refractivity contribution >= 4 is 92.3 Å². The number of hydrogen-bond donors (Lipinski definition) is 1. The third-order valence-corrected chi connectivity index (χ3v) is 9.22. The van der Waals surface area contributed by atoms with Crippen LogP contribution in [0.1, 0.15) is 11.1 Å². The minimum atomic E-state index is 0. The first-order valence-corrected chi connectivity index (χ1v) is 17.1. The van der Waals surface area contributed by atoms with E-state index in [9.17, 15) is 0 Å². The molecule has 14 heteroatoms. The molecule has 0 saturated carbocycles. The van der Waals surface area contributed by atoms with Crippen LogP contribution in [0.4, 0.5) is 34.6 Å². The molecular weight excluding hydrogens is 743 g/mol.